The fourth-order valence-corrected chi connectivity index (χ4v) is 2.56. The molecule has 0 fully saturated rings. The molecule has 0 unspecified atom stereocenters. The third-order valence-electron chi connectivity index (χ3n) is 4.03. The number of ether oxygens (including phenoxy) is 2. The summed E-state index contributed by atoms with van der Waals surface area (Å²) in [4.78, 5) is 28.7. The molecule has 0 aliphatic carbocycles. The zero-order valence-corrected chi connectivity index (χ0v) is 16.0. The van der Waals surface area contributed by atoms with Crippen molar-refractivity contribution in [3.05, 3.63) is 64.0 Å². The number of rotatable bonds is 7. The molecule has 0 amide bonds. The first-order chi connectivity index (χ1) is 13.9. The molecule has 150 valence electrons. The van der Waals surface area contributed by atoms with Crippen LogP contribution >= 0.6 is 0 Å². The Bertz CT molecular complexity index is 1030. The third kappa shape index (κ3) is 4.49. The second kappa shape index (κ2) is 8.38. The van der Waals surface area contributed by atoms with Crippen molar-refractivity contribution in [3.63, 3.8) is 0 Å². The summed E-state index contributed by atoms with van der Waals surface area (Å²) in [5, 5.41) is 15.1. The van der Waals surface area contributed by atoms with Gasteiger partial charge in [-0.05, 0) is 36.4 Å². The van der Waals surface area contributed by atoms with Crippen molar-refractivity contribution in [2.75, 3.05) is 26.1 Å². The van der Waals surface area contributed by atoms with Crippen molar-refractivity contribution in [1.29, 1.82) is 0 Å². The van der Waals surface area contributed by atoms with Crippen molar-refractivity contribution in [3.8, 4) is 17.1 Å². The number of nitro groups is 1. The van der Waals surface area contributed by atoms with Gasteiger partial charge in [0.05, 0.1) is 17.6 Å². The zero-order valence-electron chi connectivity index (χ0n) is 16.0. The summed E-state index contributed by atoms with van der Waals surface area (Å²) in [5.74, 6) is 0.400. The lowest BCUT2D eigenvalue weighted by Crippen LogP contribution is -2.12. The summed E-state index contributed by atoms with van der Waals surface area (Å²) in [6.07, 6.45) is 0. The molecule has 29 heavy (non-hydrogen) atoms. The van der Waals surface area contributed by atoms with Crippen molar-refractivity contribution < 1.29 is 23.7 Å². The van der Waals surface area contributed by atoms with Crippen LogP contribution in [0.1, 0.15) is 16.2 Å². The van der Waals surface area contributed by atoms with Gasteiger partial charge in [-0.1, -0.05) is 5.16 Å². The molecule has 10 heteroatoms. The Kier molecular flexibility index (Phi) is 5.72. The molecule has 0 aliphatic rings. The van der Waals surface area contributed by atoms with Crippen LogP contribution in [-0.2, 0) is 11.3 Å². The number of methoxy groups -OCH3 is 1. The van der Waals surface area contributed by atoms with E-state index in [-0.39, 0.29) is 23.7 Å². The number of benzene rings is 2. The van der Waals surface area contributed by atoms with Crippen molar-refractivity contribution >= 4 is 17.3 Å². The van der Waals surface area contributed by atoms with Gasteiger partial charge in [-0.15, -0.1) is 0 Å². The smallest absolute Gasteiger partial charge is 0.338 e. The predicted octanol–water partition coefficient (Wildman–Crippen LogP) is 3.08. The van der Waals surface area contributed by atoms with E-state index in [2.05, 4.69) is 10.1 Å². The maximum atomic E-state index is 12.3. The van der Waals surface area contributed by atoms with Gasteiger partial charge in [-0.25, -0.2) is 4.79 Å². The molecule has 0 saturated heterocycles. The van der Waals surface area contributed by atoms with E-state index in [1.165, 1.54) is 18.2 Å². The zero-order chi connectivity index (χ0) is 21.0. The van der Waals surface area contributed by atoms with Crippen LogP contribution in [0.2, 0.25) is 0 Å². The molecule has 0 spiro atoms. The van der Waals surface area contributed by atoms with E-state index in [9.17, 15) is 14.9 Å². The first-order valence-electron chi connectivity index (χ1n) is 8.49. The number of nitrogens with zero attached hydrogens (tertiary/aromatic N) is 4. The minimum atomic E-state index is -0.734. The topological polar surface area (TPSA) is 121 Å². The Morgan fingerprint density at radius 1 is 1.21 bits per heavy atom. The second-order valence-corrected chi connectivity index (χ2v) is 6.17. The van der Waals surface area contributed by atoms with Crippen LogP contribution in [0.5, 0.6) is 5.75 Å². The molecular weight excluding hydrogens is 380 g/mol. The minimum Gasteiger partial charge on any atom is -0.497 e. The van der Waals surface area contributed by atoms with E-state index in [0.717, 1.165) is 0 Å². The van der Waals surface area contributed by atoms with Gasteiger partial charge in [-0.3, -0.25) is 10.1 Å². The fourth-order valence-electron chi connectivity index (χ4n) is 2.56. The van der Waals surface area contributed by atoms with E-state index < -0.39 is 10.9 Å². The number of carbonyl (C=O) groups is 1. The molecule has 0 aliphatic heterocycles. The molecule has 2 aromatic carbocycles. The largest absolute Gasteiger partial charge is 0.497 e. The van der Waals surface area contributed by atoms with Crippen LogP contribution in [0.25, 0.3) is 11.4 Å². The maximum Gasteiger partial charge on any atom is 0.338 e. The van der Waals surface area contributed by atoms with Gasteiger partial charge in [0.15, 0.2) is 6.61 Å². The molecule has 0 N–H and O–H groups in total. The molecule has 3 aromatic rings. The number of esters is 1. The molecule has 1 heterocycles. The summed E-state index contributed by atoms with van der Waals surface area (Å²) < 4.78 is 15.3. The lowest BCUT2D eigenvalue weighted by molar-refractivity contribution is -0.384. The van der Waals surface area contributed by atoms with Crippen molar-refractivity contribution in [1.82, 2.24) is 10.1 Å². The Morgan fingerprint density at radius 3 is 2.55 bits per heavy atom. The number of hydrogen-bond acceptors (Lipinski definition) is 9. The van der Waals surface area contributed by atoms with E-state index in [1.54, 1.807) is 50.4 Å². The number of carbonyl (C=O) groups excluding carboxylic acids is 1. The monoisotopic (exact) mass is 398 g/mol. The van der Waals surface area contributed by atoms with Crippen LogP contribution < -0.4 is 9.64 Å². The highest BCUT2D eigenvalue weighted by Crippen LogP contribution is 2.28. The quantitative estimate of drug-likeness (QED) is 0.336. The molecule has 1 aromatic heterocycles. The van der Waals surface area contributed by atoms with Gasteiger partial charge < -0.3 is 18.9 Å². The SMILES string of the molecule is COc1ccc(-c2noc(COC(=O)c3ccc(N(C)C)c([N+](=O)[O-])c3)n2)cc1. The first kappa shape index (κ1) is 19.8. The highest BCUT2D eigenvalue weighted by atomic mass is 16.6. The highest BCUT2D eigenvalue weighted by molar-refractivity contribution is 5.91. The normalized spacial score (nSPS) is 10.4. The first-order valence-corrected chi connectivity index (χ1v) is 8.49. The molecular formula is C19H18N4O6. The van der Waals surface area contributed by atoms with E-state index >= 15 is 0 Å². The number of hydrogen-bond donors (Lipinski definition) is 0. The summed E-state index contributed by atoms with van der Waals surface area (Å²) in [5.41, 5.74) is 0.954. The predicted molar refractivity (Wildman–Crippen MR) is 103 cm³/mol. The summed E-state index contributed by atoms with van der Waals surface area (Å²) in [6.45, 7) is -0.259. The van der Waals surface area contributed by atoms with Crippen LogP contribution in [0, 0.1) is 10.1 Å². The molecule has 0 radical (unpaired) electrons. The van der Waals surface area contributed by atoms with Crippen LogP contribution in [0.15, 0.2) is 47.0 Å². The lowest BCUT2D eigenvalue weighted by atomic mass is 10.1. The molecule has 10 nitrogen and oxygen atoms in total. The maximum absolute atomic E-state index is 12.3. The third-order valence-corrected chi connectivity index (χ3v) is 4.03. The molecule has 0 atom stereocenters. The molecule has 0 saturated carbocycles. The number of anilines is 1. The van der Waals surface area contributed by atoms with Gasteiger partial charge in [0.1, 0.15) is 11.4 Å². The summed E-state index contributed by atoms with van der Waals surface area (Å²) in [7, 11) is 4.92. The van der Waals surface area contributed by atoms with Crippen molar-refractivity contribution in [2.45, 2.75) is 6.61 Å². The Hall–Kier alpha value is -3.95. The van der Waals surface area contributed by atoms with Gasteiger partial charge in [0.25, 0.3) is 11.6 Å². The van der Waals surface area contributed by atoms with E-state index in [0.29, 0.717) is 22.8 Å². The summed E-state index contributed by atoms with van der Waals surface area (Å²) >= 11 is 0. The average Bonchev–Trinajstić information content (AvgIpc) is 3.20. The Balaban J connectivity index is 1.69. The Labute approximate surface area is 165 Å². The molecule has 0 bridgehead atoms. The van der Waals surface area contributed by atoms with Crippen LogP contribution in [-0.4, -0.2) is 42.2 Å². The Morgan fingerprint density at radius 2 is 1.93 bits per heavy atom. The van der Waals surface area contributed by atoms with Crippen LogP contribution in [0.3, 0.4) is 0 Å². The standard InChI is InChI=1S/C19H18N4O6/c1-22(2)15-9-6-13(10-16(15)23(25)26)19(24)28-11-17-20-18(21-29-17)12-4-7-14(27-3)8-5-12/h4-10H,11H2,1-3H3. The molecule has 3 rings (SSSR count). The van der Waals surface area contributed by atoms with Crippen molar-refractivity contribution in [2.24, 2.45) is 0 Å². The van der Waals surface area contributed by atoms with E-state index in [1.807, 2.05) is 0 Å². The lowest BCUT2D eigenvalue weighted by Gasteiger charge is -2.13. The second-order valence-electron chi connectivity index (χ2n) is 6.17. The average molecular weight is 398 g/mol. The highest BCUT2D eigenvalue weighted by Gasteiger charge is 2.20. The minimum absolute atomic E-state index is 0.0530. The van der Waals surface area contributed by atoms with Gasteiger partial charge >= 0.3 is 5.97 Å². The van der Waals surface area contributed by atoms with E-state index in [4.69, 9.17) is 14.0 Å². The number of nitro benzene ring substituents is 1. The fraction of sp³-hybridized carbons (Fsp3) is 0.211. The van der Waals surface area contributed by atoms with Gasteiger partial charge in [0.2, 0.25) is 5.82 Å². The van der Waals surface area contributed by atoms with Gasteiger partial charge in [-0.2, -0.15) is 4.98 Å². The summed E-state index contributed by atoms with van der Waals surface area (Å²) in [6, 6.07) is 11.2. The van der Waals surface area contributed by atoms with Gasteiger partial charge in [0, 0.05) is 25.7 Å². The van der Waals surface area contributed by atoms with Crippen LogP contribution in [0.4, 0.5) is 11.4 Å². The number of aromatic nitrogens is 2.